The lowest BCUT2D eigenvalue weighted by molar-refractivity contribution is -0.119. The van der Waals surface area contributed by atoms with Crippen LogP contribution in [0.3, 0.4) is 0 Å². The number of carbonyl (C=O) groups is 4. The molecule has 0 atom stereocenters. The van der Waals surface area contributed by atoms with Crippen molar-refractivity contribution in [3.05, 3.63) is 45.8 Å². The van der Waals surface area contributed by atoms with Crippen LogP contribution in [0, 0.1) is 13.8 Å². The second-order valence-electron chi connectivity index (χ2n) is 7.03. The maximum Gasteiger partial charge on any atom is 0.341 e. The summed E-state index contributed by atoms with van der Waals surface area (Å²) < 4.78 is 10.2. The molecular formula is C22H24N2O6S. The number of amides is 2. The lowest BCUT2D eigenvalue weighted by Gasteiger charge is -2.15. The topological polar surface area (TPSA) is 102 Å². The highest BCUT2D eigenvalue weighted by molar-refractivity contribution is 7.16. The van der Waals surface area contributed by atoms with Crippen molar-refractivity contribution >= 4 is 45.8 Å². The Kier molecular flexibility index (Phi) is 7.06. The summed E-state index contributed by atoms with van der Waals surface area (Å²) in [7, 11) is 0. The largest absolute Gasteiger partial charge is 0.462 e. The highest BCUT2D eigenvalue weighted by Crippen LogP contribution is 2.33. The Morgan fingerprint density at radius 1 is 1.10 bits per heavy atom. The van der Waals surface area contributed by atoms with Gasteiger partial charge in [0.1, 0.15) is 5.00 Å². The fourth-order valence-corrected chi connectivity index (χ4v) is 4.30. The molecule has 1 aromatic carbocycles. The second kappa shape index (κ2) is 9.74. The van der Waals surface area contributed by atoms with Crippen molar-refractivity contribution in [2.75, 3.05) is 30.0 Å². The van der Waals surface area contributed by atoms with Crippen molar-refractivity contribution in [1.82, 2.24) is 0 Å². The third-order valence-corrected chi connectivity index (χ3v) is 6.06. The molecule has 0 radical (unpaired) electrons. The number of esters is 2. The molecule has 1 aromatic heterocycles. The summed E-state index contributed by atoms with van der Waals surface area (Å²) in [5.41, 5.74) is 2.06. The van der Waals surface area contributed by atoms with Crippen LogP contribution in [-0.2, 0) is 19.1 Å². The lowest BCUT2D eigenvalue weighted by Crippen LogP contribution is -2.24. The molecule has 0 bridgehead atoms. The van der Waals surface area contributed by atoms with Crippen molar-refractivity contribution in [3.8, 4) is 0 Å². The molecule has 1 saturated heterocycles. The van der Waals surface area contributed by atoms with Gasteiger partial charge in [-0.1, -0.05) is 0 Å². The summed E-state index contributed by atoms with van der Waals surface area (Å²) in [6, 6.07) is 6.49. The molecule has 1 aliphatic rings. The molecule has 0 saturated carbocycles. The normalized spacial score (nSPS) is 13.3. The quantitative estimate of drug-likeness (QED) is 0.656. The summed E-state index contributed by atoms with van der Waals surface area (Å²) in [4.78, 5) is 51.1. The first kappa shape index (κ1) is 22.5. The number of thiophene rings is 1. The summed E-state index contributed by atoms with van der Waals surface area (Å²) in [6.07, 6.45) is 1.35. The zero-order valence-electron chi connectivity index (χ0n) is 17.6. The number of ether oxygens (including phenoxy) is 2. The van der Waals surface area contributed by atoms with Crippen LogP contribution in [0.25, 0.3) is 0 Å². The van der Waals surface area contributed by atoms with Crippen molar-refractivity contribution in [2.45, 2.75) is 33.6 Å². The van der Waals surface area contributed by atoms with E-state index in [1.807, 2.05) is 6.92 Å². The number of hydrogen-bond acceptors (Lipinski definition) is 7. The molecule has 2 aromatic rings. The van der Waals surface area contributed by atoms with Gasteiger partial charge in [-0.05, 0) is 57.0 Å². The number of aryl methyl sites for hydroxylation is 1. The molecule has 31 heavy (non-hydrogen) atoms. The van der Waals surface area contributed by atoms with Crippen molar-refractivity contribution in [2.24, 2.45) is 0 Å². The number of nitrogens with one attached hydrogen (secondary N) is 1. The van der Waals surface area contributed by atoms with Gasteiger partial charge in [-0.3, -0.25) is 9.59 Å². The molecule has 9 heteroatoms. The van der Waals surface area contributed by atoms with Gasteiger partial charge in [0, 0.05) is 23.5 Å². The Labute approximate surface area is 184 Å². The van der Waals surface area contributed by atoms with Crippen LogP contribution in [0.1, 0.15) is 50.9 Å². The molecule has 8 nitrogen and oxygen atoms in total. The molecule has 1 N–H and O–H groups in total. The molecule has 164 valence electrons. The van der Waals surface area contributed by atoms with Gasteiger partial charge in [-0.15, -0.1) is 11.3 Å². The van der Waals surface area contributed by atoms with Gasteiger partial charge in [0.05, 0.1) is 17.7 Å². The predicted molar refractivity (Wildman–Crippen MR) is 117 cm³/mol. The molecule has 2 heterocycles. The molecule has 0 aliphatic carbocycles. The summed E-state index contributed by atoms with van der Waals surface area (Å²) in [5, 5.41) is 3.00. The third kappa shape index (κ3) is 5.11. The number of benzene rings is 1. The van der Waals surface area contributed by atoms with Crippen LogP contribution in [0.5, 0.6) is 0 Å². The third-order valence-electron chi connectivity index (χ3n) is 4.94. The van der Waals surface area contributed by atoms with Crippen molar-refractivity contribution in [1.29, 1.82) is 0 Å². The van der Waals surface area contributed by atoms with Crippen molar-refractivity contribution in [3.63, 3.8) is 0 Å². The van der Waals surface area contributed by atoms with Crippen LogP contribution in [0.4, 0.5) is 10.7 Å². The SMILES string of the molecule is CCOC(=O)c1c(NC(=O)COC(=O)c2ccc(N3CCCC3=O)cc2)sc(C)c1C. The van der Waals surface area contributed by atoms with E-state index in [1.165, 1.54) is 11.3 Å². The minimum atomic E-state index is -0.654. The number of hydrogen-bond donors (Lipinski definition) is 1. The van der Waals surface area contributed by atoms with Crippen LogP contribution < -0.4 is 10.2 Å². The first-order valence-corrected chi connectivity index (χ1v) is 10.8. The van der Waals surface area contributed by atoms with Gasteiger partial charge in [0.25, 0.3) is 5.91 Å². The minimum Gasteiger partial charge on any atom is -0.462 e. The van der Waals surface area contributed by atoms with Crippen LogP contribution in [0.2, 0.25) is 0 Å². The Balaban J connectivity index is 1.59. The van der Waals surface area contributed by atoms with Crippen LogP contribution in [-0.4, -0.2) is 43.5 Å². The number of carbonyl (C=O) groups excluding carboxylic acids is 4. The molecule has 2 amide bonds. The smallest absolute Gasteiger partial charge is 0.341 e. The Morgan fingerprint density at radius 3 is 2.42 bits per heavy atom. The van der Waals surface area contributed by atoms with Crippen molar-refractivity contribution < 1.29 is 28.7 Å². The zero-order valence-corrected chi connectivity index (χ0v) is 18.5. The predicted octanol–water partition coefficient (Wildman–Crippen LogP) is 3.46. The molecule has 0 spiro atoms. The summed E-state index contributed by atoms with van der Waals surface area (Å²) in [6.45, 7) is 5.73. The first-order chi connectivity index (χ1) is 14.8. The molecule has 0 unspecified atom stereocenters. The lowest BCUT2D eigenvalue weighted by atomic mass is 10.1. The highest BCUT2D eigenvalue weighted by atomic mass is 32.1. The maximum absolute atomic E-state index is 12.3. The van der Waals surface area contributed by atoms with E-state index < -0.39 is 24.5 Å². The summed E-state index contributed by atoms with van der Waals surface area (Å²) >= 11 is 1.26. The minimum absolute atomic E-state index is 0.0632. The monoisotopic (exact) mass is 444 g/mol. The zero-order chi connectivity index (χ0) is 22.5. The number of nitrogens with zero attached hydrogens (tertiary/aromatic N) is 1. The number of anilines is 2. The second-order valence-corrected chi connectivity index (χ2v) is 8.25. The van der Waals surface area contributed by atoms with Gasteiger partial charge < -0.3 is 19.7 Å². The van der Waals surface area contributed by atoms with Gasteiger partial charge >= 0.3 is 11.9 Å². The standard InChI is InChI=1S/C22H24N2O6S/c1-4-29-22(28)19-13(2)14(3)31-20(19)23-17(25)12-30-21(27)15-7-9-16(10-8-15)24-11-5-6-18(24)26/h7-10H,4-6,11-12H2,1-3H3,(H,23,25). The summed E-state index contributed by atoms with van der Waals surface area (Å²) in [5.74, 6) is -1.65. The van der Waals surface area contributed by atoms with E-state index in [0.29, 0.717) is 23.5 Å². The van der Waals surface area contributed by atoms with E-state index in [1.54, 1.807) is 43.0 Å². The van der Waals surface area contributed by atoms with Gasteiger partial charge in [-0.25, -0.2) is 9.59 Å². The molecular weight excluding hydrogens is 420 g/mol. The Morgan fingerprint density at radius 2 is 1.81 bits per heavy atom. The van der Waals surface area contributed by atoms with E-state index in [4.69, 9.17) is 9.47 Å². The van der Waals surface area contributed by atoms with Crippen LogP contribution in [0.15, 0.2) is 24.3 Å². The molecule has 3 rings (SSSR count). The van der Waals surface area contributed by atoms with E-state index in [2.05, 4.69) is 5.32 Å². The average Bonchev–Trinajstić information content (AvgIpc) is 3.29. The molecule has 1 fully saturated rings. The average molecular weight is 445 g/mol. The highest BCUT2D eigenvalue weighted by Gasteiger charge is 2.23. The van der Waals surface area contributed by atoms with E-state index in [-0.39, 0.29) is 18.1 Å². The maximum atomic E-state index is 12.3. The van der Waals surface area contributed by atoms with Crippen LogP contribution >= 0.6 is 11.3 Å². The van der Waals surface area contributed by atoms with Gasteiger partial charge in [-0.2, -0.15) is 0 Å². The Hall–Kier alpha value is -3.20. The number of rotatable bonds is 7. The van der Waals surface area contributed by atoms with Gasteiger partial charge in [0.15, 0.2) is 6.61 Å². The van der Waals surface area contributed by atoms with E-state index in [0.717, 1.165) is 22.5 Å². The first-order valence-electron chi connectivity index (χ1n) is 9.96. The Bertz CT molecular complexity index is 1010. The van der Waals surface area contributed by atoms with E-state index in [9.17, 15) is 19.2 Å². The fraction of sp³-hybridized carbons (Fsp3) is 0.364. The van der Waals surface area contributed by atoms with E-state index >= 15 is 0 Å². The fourth-order valence-electron chi connectivity index (χ4n) is 3.24. The molecule has 1 aliphatic heterocycles. The van der Waals surface area contributed by atoms with Gasteiger partial charge in [0.2, 0.25) is 5.91 Å².